The highest BCUT2D eigenvalue weighted by Gasteiger charge is 2.19. The van der Waals surface area contributed by atoms with Crippen LogP contribution in [0.2, 0.25) is 0 Å². The van der Waals surface area contributed by atoms with E-state index in [1.54, 1.807) is 12.3 Å². The number of carbonyl (C=O) groups excluding carboxylic acids is 1. The van der Waals surface area contributed by atoms with Crippen LogP contribution in [0.15, 0.2) is 22.8 Å². The van der Waals surface area contributed by atoms with Gasteiger partial charge in [-0.25, -0.2) is 4.79 Å². The Bertz CT molecular complexity index is 364. The van der Waals surface area contributed by atoms with Crippen molar-refractivity contribution in [3.05, 3.63) is 24.2 Å². The summed E-state index contributed by atoms with van der Waals surface area (Å²) in [5, 5.41) is 5.65. The highest BCUT2D eigenvalue weighted by molar-refractivity contribution is 5.73. The van der Waals surface area contributed by atoms with E-state index >= 15 is 0 Å². The third kappa shape index (κ3) is 4.07. The molecule has 1 fully saturated rings. The monoisotopic (exact) mass is 252 g/mol. The predicted molar refractivity (Wildman–Crippen MR) is 67.1 cm³/mol. The summed E-state index contributed by atoms with van der Waals surface area (Å²) in [7, 11) is 0. The molecule has 0 spiro atoms. The van der Waals surface area contributed by atoms with Crippen LogP contribution in [0.1, 0.15) is 25.5 Å². The molecule has 0 aromatic carbocycles. The number of nitrogens with one attached hydrogen (secondary N) is 2. The lowest BCUT2D eigenvalue weighted by Gasteiger charge is -2.27. The Morgan fingerprint density at radius 1 is 1.50 bits per heavy atom. The second-order valence-corrected chi connectivity index (χ2v) is 4.71. The van der Waals surface area contributed by atoms with Gasteiger partial charge in [-0.15, -0.1) is 0 Å². The average molecular weight is 252 g/mol. The first kappa shape index (κ1) is 13.0. The summed E-state index contributed by atoms with van der Waals surface area (Å²) in [5.74, 6) is 1.27. The van der Waals surface area contributed by atoms with Crippen molar-refractivity contribution in [2.24, 2.45) is 5.92 Å². The van der Waals surface area contributed by atoms with Crippen LogP contribution in [0.4, 0.5) is 4.79 Å². The Hall–Kier alpha value is -1.49. The van der Waals surface area contributed by atoms with Crippen molar-refractivity contribution in [3.8, 4) is 0 Å². The van der Waals surface area contributed by atoms with E-state index in [0.717, 1.165) is 25.2 Å². The summed E-state index contributed by atoms with van der Waals surface area (Å²) in [6.07, 6.45) is 3.93. The average Bonchev–Trinajstić information content (AvgIpc) is 2.87. The van der Waals surface area contributed by atoms with Gasteiger partial charge in [0, 0.05) is 13.2 Å². The molecule has 1 aliphatic rings. The van der Waals surface area contributed by atoms with Crippen molar-refractivity contribution < 1.29 is 13.9 Å². The van der Waals surface area contributed by atoms with Gasteiger partial charge in [0.15, 0.2) is 0 Å². The number of hydrogen-bond acceptors (Lipinski definition) is 3. The molecule has 1 aromatic heterocycles. The zero-order valence-corrected chi connectivity index (χ0v) is 10.6. The van der Waals surface area contributed by atoms with E-state index in [2.05, 4.69) is 17.6 Å². The van der Waals surface area contributed by atoms with Crippen LogP contribution in [-0.2, 0) is 11.3 Å². The largest absolute Gasteiger partial charge is 0.467 e. The normalized spacial score (nSPS) is 23.6. The molecular formula is C13H20N2O3. The quantitative estimate of drug-likeness (QED) is 0.860. The number of hydrogen-bond donors (Lipinski definition) is 2. The van der Waals surface area contributed by atoms with E-state index in [-0.39, 0.29) is 6.03 Å². The molecule has 1 saturated heterocycles. The van der Waals surface area contributed by atoms with Gasteiger partial charge in [0.25, 0.3) is 0 Å². The second kappa shape index (κ2) is 6.44. The number of amides is 2. The molecule has 1 aromatic rings. The minimum Gasteiger partial charge on any atom is -0.467 e. The molecule has 1 aliphatic heterocycles. The molecular weight excluding hydrogens is 232 g/mol. The maximum atomic E-state index is 11.6. The van der Waals surface area contributed by atoms with Gasteiger partial charge < -0.3 is 19.8 Å². The molecule has 2 N–H and O–H groups in total. The number of urea groups is 1. The standard InChI is InChI=1S/C13H20N2O3/c1-10-7-11(4-6-17-10)8-14-13(16)15-9-12-3-2-5-18-12/h2-3,5,10-11H,4,6-9H2,1H3,(H2,14,15,16)/t10-,11-/m0/s1. The topological polar surface area (TPSA) is 63.5 Å². The van der Waals surface area contributed by atoms with Gasteiger partial charge in [-0.05, 0) is 37.8 Å². The number of furan rings is 1. The van der Waals surface area contributed by atoms with Crippen LogP contribution >= 0.6 is 0 Å². The van der Waals surface area contributed by atoms with Gasteiger partial charge in [-0.2, -0.15) is 0 Å². The first-order chi connectivity index (χ1) is 8.74. The van der Waals surface area contributed by atoms with E-state index in [4.69, 9.17) is 9.15 Å². The summed E-state index contributed by atoms with van der Waals surface area (Å²) >= 11 is 0. The molecule has 2 atom stereocenters. The van der Waals surface area contributed by atoms with E-state index in [0.29, 0.717) is 25.1 Å². The lowest BCUT2D eigenvalue weighted by Crippen LogP contribution is -2.39. The van der Waals surface area contributed by atoms with Gasteiger partial charge in [0.1, 0.15) is 5.76 Å². The van der Waals surface area contributed by atoms with Crippen molar-refractivity contribution in [1.82, 2.24) is 10.6 Å². The van der Waals surface area contributed by atoms with Crippen molar-refractivity contribution in [2.45, 2.75) is 32.4 Å². The van der Waals surface area contributed by atoms with E-state index in [1.165, 1.54) is 0 Å². The van der Waals surface area contributed by atoms with Gasteiger partial charge in [0.2, 0.25) is 0 Å². The lowest BCUT2D eigenvalue weighted by atomic mass is 9.96. The maximum Gasteiger partial charge on any atom is 0.315 e. The van der Waals surface area contributed by atoms with E-state index in [9.17, 15) is 4.79 Å². The minimum absolute atomic E-state index is 0.148. The lowest BCUT2D eigenvalue weighted by molar-refractivity contribution is 0.00346. The zero-order chi connectivity index (χ0) is 12.8. The Morgan fingerprint density at radius 3 is 3.11 bits per heavy atom. The molecule has 5 heteroatoms. The molecule has 18 heavy (non-hydrogen) atoms. The Kier molecular flexibility index (Phi) is 4.64. The summed E-state index contributed by atoms with van der Waals surface area (Å²) in [4.78, 5) is 11.6. The number of carbonyl (C=O) groups is 1. The van der Waals surface area contributed by atoms with Crippen molar-refractivity contribution in [1.29, 1.82) is 0 Å². The summed E-state index contributed by atoms with van der Waals surface area (Å²) in [6, 6.07) is 3.49. The summed E-state index contributed by atoms with van der Waals surface area (Å²) < 4.78 is 10.6. The van der Waals surface area contributed by atoms with Crippen LogP contribution in [0.5, 0.6) is 0 Å². The Labute approximate surface area is 107 Å². The number of ether oxygens (including phenoxy) is 1. The molecule has 2 heterocycles. The van der Waals surface area contributed by atoms with Gasteiger partial charge >= 0.3 is 6.03 Å². The van der Waals surface area contributed by atoms with Crippen molar-refractivity contribution in [2.75, 3.05) is 13.2 Å². The fourth-order valence-electron chi connectivity index (χ4n) is 2.16. The molecule has 2 amide bonds. The second-order valence-electron chi connectivity index (χ2n) is 4.71. The van der Waals surface area contributed by atoms with Crippen LogP contribution in [-0.4, -0.2) is 25.3 Å². The fraction of sp³-hybridized carbons (Fsp3) is 0.615. The summed E-state index contributed by atoms with van der Waals surface area (Å²) in [6.45, 7) is 3.99. The molecule has 0 saturated carbocycles. The van der Waals surface area contributed by atoms with Gasteiger partial charge in [-0.1, -0.05) is 0 Å². The highest BCUT2D eigenvalue weighted by atomic mass is 16.5. The van der Waals surface area contributed by atoms with E-state index < -0.39 is 0 Å². The SMILES string of the molecule is C[C@H]1C[C@@H](CNC(=O)NCc2ccco2)CCO1. The van der Waals surface area contributed by atoms with Crippen molar-refractivity contribution in [3.63, 3.8) is 0 Å². The molecule has 5 nitrogen and oxygen atoms in total. The minimum atomic E-state index is -0.148. The molecule has 0 unspecified atom stereocenters. The highest BCUT2D eigenvalue weighted by Crippen LogP contribution is 2.18. The fourth-order valence-corrected chi connectivity index (χ4v) is 2.16. The smallest absolute Gasteiger partial charge is 0.315 e. The third-order valence-electron chi connectivity index (χ3n) is 3.15. The van der Waals surface area contributed by atoms with Crippen LogP contribution in [0, 0.1) is 5.92 Å². The Morgan fingerprint density at radius 2 is 2.39 bits per heavy atom. The first-order valence-electron chi connectivity index (χ1n) is 6.39. The van der Waals surface area contributed by atoms with Crippen LogP contribution in [0.3, 0.4) is 0 Å². The Balaban J connectivity index is 1.62. The van der Waals surface area contributed by atoms with Crippen LogP contribution < -0.4 is 10.6 Å². The van der Waals surface area contributed by atoms with Gasteiger partial charge in [0.05, 0.1) is 18.9 Å². The molecule has 0 radical (unpaired) electrons. The molecule has 2 rings (SSSR count). The molecule has 100 valence electrons. The summed E-state index contributed by atoms with van der Waals surface area (Å²) in [5.41, 5.74) is 0. The number of rotatable bonds is 4. The first-order valence-corrected chi connectivity index (χ1v) is 6.39. The van der Waals surface area contributed by atoms with Gasteiger partial charge in [-0.3, -0.25) is 0 Å². The van der Waals surface area contributed by atoms with Crippen LogP contribution in [0.25, 0.3) is 0 Å². The molecule has 0 aliphatic carbocycles. The zero-order valence-electron chi connectivity index (χ0n) is 10.6. The predicted octanol–water partition coefficient (Wildman–Crippen LogP) is 1.89. The van der Waals surface area contributed by atoms with E-state index in [1.807, 2.05) is 6.07 Å². The van der Waals surface area contributed by atoms with Crippen molar-refractivity contribution >= 4 is 6.03 Å². The maximum absolute atomic E-state index is 11.6. The third-order valence-corrected chi connectivity index (χ3v) is 3.15. The molecule has 0 bridgehead atoms.